The molecule has 1 heterocycles. The fourth-order valence-electron chi connectivity index (χ4n) is 2.83. The summed E-state index contributed by atoms with van der Waals surface area (Å²) < 4.78 is 0. The summed E-state index contributed by atoms with van der Waals surface area (Å²) in [6.07, 6.45) is 4.85. The van der Waals surface area contributed by atoms with E-state index in [2.05, 4.69) is 11.2 Å². The number of hydrogen-bond acceptors (Lipinski definition) is 2. The van der Waals surface area contributed by atoms with E-state index in [9.17, 15) is 4.79 Å². The zero-order valence-electron chi connectivity index (χ0n) is 15.2. The monoisotopic (exact) mass is 398 g/mol. The summed E-state index contributed by atoms with van der Waals surface area (Å²) in [6.45, 7) is 1.56. The third-order valence-corrected chi connectivity index (χ3v) is 4.13. The molecule has 3 nitrogen and oxygen atoms in total. The molecular formula is C23H22FeN2O. The number of carbonyl (C=O) groups excluding carboxylic acids is 1. The van der Waals surface area contributed by atoms with E-state index in [4.69, 9.17) is 0 Å². The van der Waals surface area contributed by atoms with Gasteiger partial charge in [-0.3, -0.25) is 4.79 Å². The van der Waals surface area contributed by atoms with Gasteiger partial charge in [0.15, 0.2) is 0 Å². The molecule has 4 rings (SSSR count). The van der Waals surface area contributed by atoms with Gasteiger partial charge in [-0.2, -0.15) is 36.4 Å². The van der Waals surface area contributed by atoms with Crippen LogP contribution in [0.1, 0.15) is 24.5 Å². The minimum atomic E-state index is -0.0285. The Hall–Kier alpha value is -2.68. The molecule has 0 radical (unpaired) electrons. The van der Waals surface area contributed by atoms with E-state index >= 15 is 0 Å². The maximum atomic E-state index is 11.8. The summed E-state index contributed by atoms with van der Waals surface area (Å²) in [7, 11) is 0. The van der Waals surface area contributed by atoms with E-state index < -0.39 is 0 Å². The Kier molecular flexibility index (Phi) is 7.99. The fourth-order valence-corrected chi connectivity index (χ4v) is 2.83. The van der Waals surface area contributed by atoms with Crippen LogP contribution in [0.2, 0.25) is 0 Å². The molecule has 0 saturated carbocycles. The smallest absolute Gasteiger partial charge is 0.273 e. The molecule has 0 N–H and O–H groups in total. The van der Waals surface area contributed by atoms with Crippen LogP contribution in [0.3, 0.4) is 0 Å². The van der Waals surface area contributed by atoms with Crippen LogP contribution in [0.15, 0.2) is 96.1 Å². The molecule has 0 aliphatic carbocycles. The van der Waals surface area contributed by atoms with E-state index in [1.807, 2.05) is 91.0 Å². The Morgan fingerprint density at radius 2 is 1.81 bits per heavy atom. The van der Waals surface area contributed by atoms with Crippen LogP contribution in [-0.4, -0.2) is 22.7 Å². The first-order valence-electron chi connectivity index (χ1n) is 8.73. The summed E-state index contributed by atoms with van der Waals surface area (Å²) in [6, 6.07) is 28.1. The summed E-state index contributed by atoms with van der Waals surface area (Å²) in [5, 5.41) is 6.04. The Bertz CT molecular complexity index is 832. The third kappa shape index (κ3) is 5.92. The summed E-state index contributed by atoms with van der Waals surface area (Å²) in [4.78, 5) is 11.8. The van der Waals surface area contributed by atoms with Gasteiger partial charge in [-0.15, -0.1) is 11.6 Å². The number of nitrogens with zero attached hydrogens (tertiary/aromatic N) is 2. The molecule has 1 atom stereocenters. The second-order valence-corrected chi connectivity index (χ2v) is 6.09. The molecule has 1 aliphatic heterocycles. The second-order valence-electron chi connectivity index (χ2n) is 6.09. The summed E-state index contributed by atoms with van der Waals surface area (Å²) in [5.41, 5.74) is 3.19. The van der Waals surface area contributed by atoms with Gasteiger partial charge in [0.05, 0.1) is 6.04 Å². The molecule has 1 unspecified atom stereocenters. The molecule has 3 aromatic carbocycles. The van der Waals surface area contributed by atoms with Crippen LogP contribution in [0.4, 0.5) is 0 Å². The van der Waals surface area contributed by atoms with E-state index in [1.54, 1.807) is 11.9 Å². The van der Waals surface area contributed by atoms with Crippen molar-refractivity contribution in [3.05, 3.63) is 102 Å². The molecule has 3 aromatic rings. The van der Waals surface area contributed by atoms with Gasteiger partial charge in [0.1, 0.15) is 0 Å². The minimum absolute atomic E-state index is 0. The molecule has 4 heteroatoms. The number of hydrogen-bond donors (Lipinski definition) is 0. The van der Waals surface area contributed by atoms with Crippen molar-refractivity contribution in [2.24, 2.45) is 5.10 Å². The van der Waals surface area contributed by atoms with E-state index in [-0.39, 0.29) is 29.0 Å². The van der Waals surface area contributed by atoms with Gasteiger partial charge in [-0.1, -0.05) is 42.5 Å². The summed E-state index contributed by atoms with van der Waals surface area (Å²) >= 11 is 0. The molecule has 0 saturated heterocycles. The minimum Gasteiger partial charge on any atom is -0.273 e. The Labute approximate surface area is 171 Å². The molecule has 0 fully saturated rings. The molecular weight excluding hydrogens is 376 g/mol. The van der Waals surface area contributed by atoms with Crippen molar-refractivity contribution in [1.29, 1.82) is 0 Å². The Balaban J connectivity index is 0.000000379. The average molecular weight is 398 g/mol. The van der Waals surface area contributed by atoms with Gasteiger partial charge >= 0.3 is 17.1 Å². The van der Waals surface area contributed by atoms with Crippen LogP contribution in [0.25, 0.3) is 6.08 Å². The Morgan fingerprint density at radius 3 is 2.37 bits per heavy atom. The van der Waals surface area contributed by atoms with Crippen molar-refractivity contribution < 1.29 is 21.9 Å². The SMILES string of the molecule is CC(=O)N1N=C(c2ccc[cH-]2)CC1/C=C/c1ccccc1.[Fe+2].c1cc[cH-]c1. The molecule has 138 valence electrons. The number of benzene rings is 1. The van der Waals surface area contributed by atoms with E-state index in [1.165, 1.54) is 0 Å². The predicted octanol–water partition coefficient (Wildman–Crippen LogP) is 4.85. The standard InChI is InChI=1S/C18H17N2O.C5H5.Fe/c1-14(21)20-17(12-11-15-7-3-2-4-8-15)13-18(19-20)16-9-5-6-10-16;1-2-4-5-3-1;/h2-12,17H,13H2,1H3;1-5H;/q2*-1;+2/b12-11+;;. The number of rotatable bonds is 3. The molecule has 0 spiro atoms. The van der Waals surface area contributed by atoms with Crippen molar-refractivity contribution in [2.45, 2.75) is 19.4 Å². The first-order valence-corrected chi connectivity index (χ1v) is 8.73. The topological polar surface area (TPSA) is 32.7 Å². The normalized spacial score (nSPS) is 15.7. The Morgan fingerprint density at radius 1 is 1.07 bits per heavy atom. The molecule has 0 bridgehead atoms. The van der Waals surface area contributed by atoms with Gasteiger partial charge in [-0.25, -0.2) is 22.2 Å². The number of amides is 1. The van der Waals surface area contributed by atoms with Gasteiger partial charge in [0.25, 0.3) is 0 Å². The van der Waals surface area contributed by atoms with Gasteiger partial charge in [-0.05, 0) is 17.7 Å². The quantitative estimate of drug-likeness (QED) is 0.459. The maximum Gasteiger partial charge on any atom is 2.00 e. The van der Waals surface area contributed by atoms with Crippen LogP contribution in [0, 0.1) is 0 Å². The second kappa shape index (κ2) is 10.5. The van der Waals surface area contributed by atoms with Crippen LogP contribution < -0.4 is 0 Å². The molecule has 0 aromatic heterocycles. The van der Waals surface area contributed by atoms with Crippen LogP contribution >= 0.6 is 0 Å². The molecule has 27 heavy (non-hydrogen) atoms. The zero-order chi connectivity index (χ0) is 18.2. The zero-order valence-corrected chi connectivity index (χ0v) is 16.3. The molecule has 1 amide bonds. The van der Waals surface area contributed by atoms with Crippen molar-refractivity contribution in [2.75, 3.05) is 0 Å². The number of carbonyl (C=O) groups is 1. The van der Waals surface area contributed by atoms with Crippen molar-refractivity contribution in [1.82, 2.24) is 5.01 Å². The van der Waals surface area contributed by atoms with Gasteiger partial charge < -0.3 is 0 Å². The fraction of sp³-hybridized carbons (Fsp3) is 0.130. The largest absolute Gasteiger partial charge is 2.00 e. The van der Waals surface area contributed by atoms with Crippen LogP contribution in [-0.2, 0) is 21.9 Å². The third-order valence-electron chi connectivity index (χ3n) is 4.13. The van der Waals surface area contributed by atoms with Crippen LogP contribution in [0.5, 0.6) is 0 Å². The maximum absolute atomic E-state index is 11.8. The van der Waals surface area contributed by atoms with Crippen molar-refractivity contribution in [3.63, 3.8) is 0 Å². The van der Waals surface area contributed by atoms with Crippen molar-refractivity contribution >= 4 is 17.7 Å². The van der Waals surface area contributed by atoms with E-state index in [0.29, 0.717) is 0 Å². The number of hydrazone groups is 1. The van der Waals surface area contributed by atoms with E-state index in [0.717, 1.165) is 23.3 Å². The predicted molar refractivity (Wildman–Crippen MR) is 107 cm³/mol. The van der Waals surface area contributed by atoms with Gasteiger partial charge in [0, 0.05) is 6.92 Å². The first kappa shape index (κ1) is 20.6. The average Bonchev–Trinajstić information content (AvgIpc) is 3.44. The van der Waals surface area contributed by atoms with Gasteiger partial charge in [0.2, 0.25) is 5.91 Å². The summed E-state index contributed by atoms with van der Waals surface area (Å²) in [5.74, 6) is -0.0285. The first-order chi connectivity index (χ1) is 12.7. The van der Waals surface area contributed by atoms with Crippen molar-refractivity contribution in [3.8, 4) is 0 Å². The molecule has 1 aliphatic rings.